The second-order valence-electron chi connectivity index (χ2n) is 6.85. The maximum absolute atomic E-state index is 13.2. The second-order valence-corrected chi connectivity index (χ2v) is 8.26. The molecule has 30 heavy (non-hydrogen) atoms. The molecule has 0 fully saturated rings. The number of carbonyl (C=O) groups excluding carboxylic acids is 2. The number of hydrogen-bond acceptors (Lipinski definition) is 5. The second kappa shape index (κ2) is 8.53. The van der Waals surface area contributed by atoms with E-state index < -0.39 is 12.2 Å². The van der Waals surface area contributed by atoms with Gasteiger partial charge in [0.2, 0.25) is 5.91 Å². The first-order valence-corrected chi connectivity index (χ1v) is 11.0. The predicted molar refractivity (Wildman–Crippen MR) is 121 cm³/mol. The summed E-state index contributed by atoms with van der Waals surface area (Å²) in [5, 5.41) is 10.3. The Morgan fingerprint density at radius 1 is 1.23 bits per heavy atom. The first kappa shape index (κ1) is 20.5. The molecule has 2 aromatic rings. The van der Waals surface area contributed by atoms with Crippen molar-refractivity contribution in [2.45, 2.75) is 25.6 Å². The highest BCUT2D eigenvalue weighted by molar-refractivity contribution is 8.14. The topological polar surface area (TPSA) is 65.0 Å². The Kier molecular flexibility index (Phi) is 5.83. The lowest BCUT2D eigenvalue weighted by atomic mass is 9.95. The highest BCUT2D eigenvalue weighted by Gasteiger charge is 2.47. The van der Waals surface area contributed by atoms with Crippen molar-refractivity contribution < 1.29 is 9.59 Å². The van der Waals surface area contributed by atoms with Crippen LogP contribution in [-0.2, 0) is 9.59 Å². The van der Waals surface area contributed by atoms with E-state index in [0.29, 0.717) is 33.6 Å². The number of halogens is 1. The molecule has 1 N–H and O–H groups in total. The number of hydrazone groups is 1. The highest BCUT2D eigenvalue weighted by Crippen LogP contribution is 2.47. The van der Waals surface area contributed by atoms with Crippen molar-refractivity contribution in [1.82, 2.24) is 10.3 Å². The number of hydrogen-bond donors (Lipinski definition) is 1. The molecular formula is C22H21ClN4O2S. The molecule has 0 saturated heterocycles. The van der Waals surface area contributed by atoms with Crippen LogP contribution >= 0.6 is 23.4 Å². The lowest BCUT2D eigenvalue weighted by Crippen LogP contribution is -2.55. The number of thioether (sulfide) groups is 1. The lowest BCUT2D eigenvalue weighted by Gasteiger charge is -2.48. The largest absolute Gasteiger partial charge is 0.302 e. The monoisotopic (exact) mass is 440 g/mol. The number of carbonyl (C=O) groups is 2. The normalized spacial score (nSPS) is 20.1. The average molecular weight is 441 g/mol. The van der Waals surface area contributed by atoms with Crippen LogP contribution in [0.1, 0.15) is 36.7 Å². The molecule has 6 nitrogen and oxygen atoms in total. The molecule has 2 unspecified atom stereocenters. The summed E-state index contributed by atoms with van der Waals surface area (Å²) in [6, 6.07) is 14.1. The summed E-state index contributed by atoms with van der Waals surface area (Å²) in [7, 11) is 0. The van der Waals surface area contributed by atoms with Crippen LogP contribution < -0.4 is 10.2 Å². The Bertz CT molecular complexity index is 1040. The van der Waals surface area contributed by atoms with Crippen LogP contribution in [0.4, 0.5) is 5.69 Å². The third-order valence-corrected chi connectivity index (χ3v) is 6.23. The van der Waals surface area contributed by atoms with Crippen LogP contribution in [-0.4, -0.2) is 27.7 Å². The van der Waals surface area contributed by atoms with Gasteiger partial charge in [0.05, 0.1) is 5.69 Å². The molecule has 2 amide bonds. The van der Waals surface area contributed by atoms with Gasteiger partial charge in [-0.25, -0.2) is 0 Å². The summed E-state index contributed by atoms with van der Waals surface area (Å²) in [6.45, 7) is 5.54. The fraction of sp³-hybridized carbons (Fsp3) is 0.227. The molecule has 2 aliphatic rings. The van der Waals surface area contributed by atoms with Gasteiger partial charge < -0.3 is 5.32 Å². The van der Waals surface area contributed by atoms with Crippen LogP contribution in [0.2, 0.25) is 5.02 Å². The molecule has 0 bridgehead atoms. The molecular weight excluding hydrogens is 420 g/mol. The van der Waals surface area contributed by atoms with Crippen molar-refractivity contribution in [2.24, 2.45) is 5.10 Å². The molecule has 0 spiro atoms. The maximum atomic E-state index is 13.2. The molecule has 0 aliphatic carbocycles. The van der Waals surface area contributed by atoms with E-state index in [9.17, 15) is 9.59 Å². The minimum Gasteiger partial charge on any atom is -0.302 e. The van der Waals surface area contributed by atoms with Gasteiger partial charge in [-0.2, -0.15) is 0 Å². The van der Waals surface area contributed by atoms with Crippen molar-refractivity contribution in [1.29, 1.82) is 0 Å². The van der Waals surface area contributed by atoms with E-state index in [4.69, 9.17) is 16.7 Å². The molecule has 8 heteroatoms. The summed E-state index contributed by atoms with van der Waals surface area (Å²) >= 11 is 7.93. The van der Waals surface area contributed by atoms with E-state index in [0.717, 1.165) is 5.56 Å². The van der Waals surface area contributed by atoms with Crippen LogP contribution in [0.25, 0.3) is 0 Å². The number of amides is 2. The molecule has 154 valence electrons. The molecule has 2 aromatic carbocycles. The summed E-state index contributed by atoms with van der Waals surface area (Å²) < 4.78 is 0. The number of rotatable bonds is 4. The van der Waals surface area contributed by atoms with Gasteiger partial charge in [0.1, 0.15) is 0 Å². The quantitative estimate of drug-likeness (QED) is 0.713. The fourth-order valence-corrected chi connectivity index (χ4v) is 4.59. The fourth-order valence-electron chi connectivity index (χ4n) is 3.76. The van der Waals surface area contributed by atoms with E-state index in [-0.39, 0.29) is 11.8 Å². The van der Waals surface area contributed by atoms with E-state index in [1.54, 1.807) is 22.1 Å². The minimum atomic E-state index is -0.670. The van der Waals surface area contributed by atoms with Gasteiger partial charge in [0.25, 0.3) is 5.91 Å². The number of anilines is 1. The Morgan fingerprint density at radius 3 is 2.63 bits per heavy atom. The van der Waals surface area contributed by atoms with Crippen molar-refractivity contribution in [3.05, 3.63) is 77.3 Å². The third-order valence-electron chi connectivity index (χ3n) is 5.03. The number of para-hydroxylation sites is 1. The maximum Gasteiger partial charge on any atom is 0.255 e. The molecule has 0 radical (unpaired) electrons. The van der Waals surface area contributed by atoms with Crippen LogP contribution in [0.3, 0.4) is 0 Å². The summed E-state index contributed by atoms with van der Waals surface area (Å²) in [6.07, 6.45) is 1.41. The van der Waals surface area contributed by atoms with E-state index in [1.165, 1.54) is 11.8 Å². The Balaban J connectivity index is 1.95. The Morgan fingerprint density at radius 2 is 1.93 bits per heavy atom. The van der Waals surface area contributed by atoms with Gasteiger partial charge in [0, 0.05) is 28.3 Å². The Labute approximate surface area is 184 Å². The zero-order valence-corrected chi connectivity index (χ0v) is 18.0. The van der Waals surface area contributed by atoms with Crippen LogP contribution in [0.15, 0.2) is 66.3 Å². The molecule has 2 aliphatic heterocycles. The standard InChI is InChI=1S/C22H21ClN4O2S/c1-3-13-30-22-24-20(29)19-15-10-6-8-12-17(15)26(18(28)4-2)21(27(19)25-22)14-9-5-7-11-16(14)23/h3,5-12,19,21H,1,4,13H2,2H3,(H,24,25,29). The molecule has 2 atom stereocenters. The van der Waals surface area contributed by atoms with Crippen molar-refractivity contribution in [3.8, 4) is 0 Å². The highest BCUT2D eigenvalue weighted by atomic mass is 35.5. The predicted octanol–water partition coefficient (Wildman–Crippen LogP) is 4.46. The molecule has 0 saturated carbocycles. The number of amidine groups is 1. The number of benzene rings is 2. The van der Waals surface area contributed by atoms with Crippen LogP contribution in [0.5, 0.6) is 0 Å². The smallest absolute Gasteiger partial charge is 0.255 e. The van der Waals surface area contributed by atoms with Gasteiger partial charge in [-0.1, -0.05) is 72.8 Å². The van der Waals surface area contributed by atoms with Crippen molar-refractivity contribution >= 4 is 46.0 Å². The Hall–Kier alpha value is -2.77. The van der Waals surface area contributed by atoms with Gasteiger partial charge >= 0.3 is 0 Å². The average Bonchev–Trinajstić information content (AvgIpc) is 2.76. The SMILES string of the molecule is C=CCSC1=NN2C(C(=O)N1)c1ccccc1N(C(=O)CC)C2c1ccccc1Cl. The van der Waals surface area contributed by atoms with E-state index in [2.05, 4.69) is 11.9 Å². The molecule has 0 aromatic heterocycles. The zero-order chi connectivity index (χ0) is 21.3. The van der Waals surface area contributed by atoms with E-state index in [1.807, 2.05) is 49.4 Å². The van der Waals surface area contributed by atoms with Gasteiger partial charge in [-0.05, 0) is 12.1 Å². The summed E-state index contributed by atoms with van der Waals surface area (Å²) in [5.74, 6) is 0.333. The first-order valence-electron chi connectivity index (χ1n) is 9.63. The zero-order valence-electron chi connectivity index (χ0n) is 16.4. The number of nitrogens with zero attached hydrogens (tertiary/aromatic N) is 3. The van der Waals surface area contributed by atoms with Crippen LogP contribution in [0, 0.1) is 0 Å². The van der Waals surface area contributed by atoms with Gasteiger partial charge in [-0.15, -0.1) is 11.7 Å². The van der Waals surface area contributed by atoms with Crippen molar-refractivity contribution in [2.75, 3.05) is 10.7 Å². The van der Waals surface area contributed by atoms with Crippen molar-refractivity contribution in [3.63, 3.8) is 0 Å². The lowest BCUT2D eigenvalue weighted by molar-refractivity contribution is -0.130. The van der Waals surface area contributed by atoms with E-state index >= 15 is 0 Å². The summed E-state index contributed by atoms with van der Waals surface area (Å²) in [5.41, 5.74) is 2.15. The summed E-state index contributed by atoms with van der Waals surface area (Å²) in [4.78, 5) is 28.0. The minimum absolute atomic E-state index is 0.0766. The first-order chi connectivity index (χ1) is 14.6. The molecule has 2 heterocycles. The third kappa shape index (κ3) is 3.48. The molecule has 4 rings (SSSR count). The number of fused-ring (bicyclic) bond motifs is 3. The number of nitrogens with one attached hydrogen (secondary N) is 1. The van der Waals surface area contributed by atoms with Gasteiger partial charge in [0.15, 0.2) is 17.4 Å². The van der Waals surface area contributed by atoms with Gasteiger partial charge in [-0.3, -0.25) is 19.5 Å².